The lowest BCUT2D eigenvalue weighted by atomic mass is 10.1. The fourth-order valence-electron chi connectivity index (χ4n) is 1.21. The Morgan fingerprint density at radius 1 is 0.714 bits per heavy atom. The number of carbonyl (C=O) groups excluding carboxylic acids is 1. The minimum Gasteiger partial charge on any atom is -0.333 e. The molecule has 2 nitrogen and oxygen atoms in total. The van der Waals surface area contributed by atoms with Crippen LogP contribution in [-0.4, -0.2) is 13.8 Å². The van der Waals surface area contributed by atoms with E-state index in [-0.39, 0.29) is 0 Å². The molecule has 0 aromatic carbocycles. The van der Waals surface area contributed by atoms with Crippen molar-refractivity contribution in [2.75, 3.05) is 7.05 Å². The summed E-state index contributed by atoms with van der Waals surface area (Å²) >= 11 is 0. The largest absolute Gasteiger partial charge is 0.333 e. The summed E-state index contributed by atoms with van der Waals surface area (Å²) in [6.07, 6.45) is 11.5. The van der Waals surface area contributed by atoms with E-state index < -0.39 is 0 Å². The van der Waals surface area contributed by atoms with Gasteiger partial charge in [0.05, 0.1) is 0 Å². The molecule has 0 aromatic rings. The highest BCUT2D eigenvalue weighted by Crippen LogP contribution is 2.07. The highest BCUT2D eigenvalue weighted by atomic mass is 16.1. The predicted molar refractivity (Wildman–Crippen MR) is 65.5 cm³/mol. The van der Waals surface area contributed by atoms with Crippen LogP contribution < -0.4 is 5.73 Å². The van der Waals surface area contributed by atoms with Crippen LogP contribution in [-0.2, 0) is 4.79 Å². The second-order valence-corrected chi connectivity index (χ2v) is 3.12. The first-order chi connectivity index (χ1) is 6.91. The van der Waals surface area contributed by atoms with E-state index in [2.05, 4.69) is 19.6 Å². The molecule has 2 heteroatoms. The molecule has 88 valence electrons. The lowest BCUT2D eigenvalue weighted by Gasteiger charge is -1.97. The van der Waals surface area contributed by atoms with E-state index in [1.54, 1.807) is 0 Å². The Morgan fingerprint density at radius 2 is 0.929 bits per heavy atom. The zero-order chi connectivity index (χ0) is 11.7. The molecule has 0 unspecified atom stereocenters. The molecule has 0 spiro atoms. The van der Waals surface area contributed by atoms with Crippen molar-refractivity contribution in [3.8, 4) is 0 Å². The van der Waals surface area contributed by atoms with Gasteiger partial charge in [0, 0.05) is 0 Å². The van der Waals surface area contributed by atoms with Crippen molar-refractivity contribution >= 4 is 6.79 Å². The van der Waals surface area contributed by atoms with Crippen LogP contribution in [0, 0.1) is 0 Å². The van der Waals surface area contributed by atoms with Gasteiger partial charge >= 0.3 is 0 Å². The van der Waals surface area contributed by atoms with Gasteiger partial charge in [-0.2, -0.15) is 0 Å². The highest BCUT2D eigenvalue weighted by Gasteiger charge is 1.87. The number of hydrogen-bond acceptors (Lipinski definition) is 2. The highest BCUT2D eigenvalue weighted by molar-refractivity contribution is 5.10. The Kier molecular flexibility index (Phi) is 40.3. The summed E-state index contributed by atoms with van der Waals surface area (Å²) in [4.78, 5) is 8.00. The Balaban J connectivity index is -0.000000266. The van der Waals surface area contributed by atoms with Crippen molar-refractivity contribution in [2.24, 2.45) is 5.73 Å². The molecule has 0 fully saturated rings. The Hall–Kier alpha value is -0.370. The Bertz CT molecular complexity index is 59.3. The summed E-state index contributed by atoms with van der Waals surface area (Å²) in [5.41, 5.74) is 4.50. The first-order valence-corrected chi connectivity index (χ1v) is 5.78. The van der Waals surface area contributed by atoms with Crippen LogP contribution in [0.1, 0.15) is 65.2 Å². The van der Waals surface area contributed by atoms with Crippen LogP contribution in [0.2, 0.25) is 0 Å². The van der Waals surface area contributed by atoms with E-state index in [4.69, 9.17) is 4.79 Å². The molecule has 0 aliphatic heterocycles. The summed E-state index contributed by atoms with van der Waals surface area (Å²) in [7, 11) is 1.50. The maximum atomic E-state index is 8.00. The van der Waals surface area contributed by atoms with Crippen molar-refractivity contribution in [1.29, 1.82) is 0 Å². The van der Waals surface area contributed by atoms with Crippen molar-refractivity contribution in [3.05, 3.63) is 0 Å². The number of rotatable bonds is 7. The third-order valence-corrected chi connectivity index (χ3v) is 1.96. The molecule has 0 heterocycles. The summed E-state index contributed by atoms with van der Waals surface area (Å²) in [6.45, 7) is 6.54. The van der Waals surface area contributed by atoms with Crippen LogP contribution in [0.3, 0.4) is 0 Å². The number of nitrogens with two attached hydrogens (primary N) is 1. The molecule has 0 aliphatic rings. The zero-order valence-electron chi connectivity index (χ0n) is 10.3. The molecular formula is C12H29NO. The normalized spacial score (nSPS) is 8.00. The topological polar surface area (TPSA) is 43.1 Å². The molecule has 0 saturated carbocycles. The molecule has 2 N–H and O–H groups in total. The first kappa shape index (κ1) is 19.2. The SMILES string of the molecule is C=O.CCCCCCCCCC.CN. The minimum absolute atomic E-state index is 1.37. The summed E-state index contributed by atoms with van der Waals surface area (Å²) in [5, 5.41) is 0. The van der Waals surface area contributed by atoms with Gasteiger partial charge in [-0.15, -0.1) is 0 Å². The van der Waals surface area contributed by atoms with Crippen molar-refractivity contribution < 1.29 is 4.79 Å². The first-order valence-electron chi connectivity index (χ1n) is 5.78. The molecule has 0 amide bonds. The fourth-order valence-corrected chi connectivity index (χ4v) is 1.21. The lowest BCUT2D eigenvalue weighted by Crippen LogP contribution is -1.77. The van der Waals surface area contributed by atoms with Crippen LogP contribution in [0.25, 0.3) is 0 Å². The zero-order valence-corrected chi connectivity index (χ0v) is 10.3. The quantitative estimate of drug-likeness (QED) is 0.643. The molecule has 0 bridgehead atoms. The van der Waals surface area contributed by atoms with E-state index in [1.807, 2.05) is 6.79 Å². The van der Waals surface area contributed by atoms with Gasteiger partial charge < -0.3 is 10.5 Å². The standard InChI is InChI=1S/C10H22.CH5N.CH2O/c1-3-5-7-9-10-8-6-4-2;2*1-2/h3-10H2,1-2H3;2H2,1H3;1H2. The molecule has 0 saturated heterocycles. The molecular weight excluding hydrogens is 174 g/mol. The molecule has 0 rings (SSSR count). The monoisotopic (exact) mass is 203 g/mol. The number of carbonyl (C=O) groups is 1. The summed E-state index contributed by atoms with van der Waals surface area (Å²) in [6, 6.07) is 0. The van der Waals surface area contributed by atoms with Crippen molar-refractivity contribution in [2.45, 2.75) is 65.2 Å². The predicted octanol–water partition coefficient (Wildman–Crippen LogP) is 3.54. The van der Waals surface area contributed by atoms with E-state index in [1.165, 1.54) is 58.4 Å². The van der Waals surface area contributed by atoms with E-state index in [0.29, 0.717) is 0 Å². The second kappa shape index (κ2) is 29.3. The van der Waals surface area contributed by atoms with Crippen LogP contribution in [0.4, 0.5) is 0 Å². The summed E-state index contributed by atoms with van der Waals surface area (Å²) in [5.74, 6) is 0. The van der Waals surface area contributed by atoms with E-state index in [9.17, 15) is 0 Å². The van der Waals surface area contributed by atoms with Crippen molar-refractivity contribution in [1.82, 2.24) is 0 Å². The molecule has 14 heavy (non-hydrogen) atoms. The van der Waals surface area contributed by atoms with Gasteiger partial charge in [0.25, 0.3) is 0 Å². The molecule has 0 radical (unpaired) electrons. The summed E-state index contributed by atoms with van der Waals surface area (Å²) < 4.78 is 0. The van der Waals surface area contributed by atoms with E-state index in [0.717, 1.165) is 0 Å². The maximum absolute atomic E-state index is 8.00. The molecule has 0 aliphatic carbocycles. The number of hydrogen-bond donors (Lipinski definition) is 1. The molecule has 0 atom stereocenters. The second-order valence-electron chi connectivity index (χ2n) is 3.12. The van der Waals surface area contributed by atoms with Gasteiger partial charge in [0.1, 0.15) is 6.79 Å². The van der Waals surface area contributed by atoms with Gasteiger partial charge in [-0.05, 0) is 7.05 Å². The minimum atomic E-state index is 1.37. The lowest BCUT2D eigenvalue weighted by molar-refractivity contribution is -0.0979. The van der Waals surface area contributed by atoms with E-state index >= 15 is 0 Å². The third-order valence-electron chi connectivity index (χ3n) is 1.96. The van der Waals surface area contributed by atoms with Gasteiger partial charge in [-0.1, -0.05) is 65.2 Å². The smallest absolute Gasteiger partial charge is 0.106 e. The fraction of sp³-hybridized carbons (Fsp3) is 0.917. The Labute approximate surface area is 90.3 Å². The van der Waals surface area contributed by atoms with Gasteiger partial charge in [-0.25, -0.2) is 0 Å². The van der Waals surface area contributed by atoms with Crippen molar-refractivity contribution in [3.63, 3.8) is 0 Å². The average Bonchev–Trinajstić information content (AvgIpc) is 2.29. The van der Waals surface area contributed by atoms with Gasteiger partial charge in [0.2, 0.25) is 0 Å². The third kappa shape index (κ3) is 29.9. The molecule has 0 aromatic heterocycles. The Morgan fingerprint density at radius 3 is 1.14 bits per heavy atom. The number of unbranched alkanes of at least 4 members (excludes halogenated alkanes) is 7. The average molecular weight is 203 g/mol. The maximum Gasteiger partial charge on any atom is 0.106 e. The van der Waals surface area contributed by atoms with Gasteiger partial charge in [-0.3, -0.25) is 0 Å². The van der Waals surface area contributed by atoms with Crippen LogP contribution in [0.15, 0.2) is 0 Å². The van der Waals surface area contributed by atoms with Crippen LogP contribution in [0.5, 0.6) is 0 Å². The van der Waals surface area contributed by atoms with Crippen LogP contribution >= 0.6 is 0 Å². The van der Waals surface area contributed by atoms with Gasteiger partial charge in [0.15, 0.2) is 0 Å².